The first-order chi connectivity index (χ1) is 9.39. The summed E-state index contributed by atoms with van der Waals surface area (Å²) in [6.45, 7) is 1.12. The quantitative estimate of drug-likeness (QED) is 0.731. The fourth-order valence-corrected chi connectivity index (χ4v) is 3.39. The van der Waals surface area contributed by atoms with E-state index in [1.165, 1.54) is 6.92 Å². The SMILES string of the molecule is C[C@@]1(F)[C@@H]2O[PH](=O)OC[C@H]2O[C@H]1n1ccc(=O)[nH]c1=O. The molecule has 0 amide bonds. The van der Waals surface area contributed by atoms with Gasteiger partial charge in [0.25, 0.3) is 5.56 Å². The summed E-state index contributed by atoms with van der Waals surface area (Å²) in [6, 6.07) is 1.09. The molecule has 10 heteroatoms. The van der Waals surface area contributed by atoms with Gasteiger partial charge in [0.1, 0.15) is 12.2 Å². The Morgan fingerprint density at radius 3 is 3.00 bits per heavy atom. The van der Waals surface area contributed by atoms with Crippen LogP contribution in [0.4, 0.5) is 4.39 Å². The van der Waals surface area contributed by atoms with Crippen LogP contribution in [-0.2, 0) is 18.3 Å². The van der Waals surface area contributed by atoms with Gasteiger partial charge in [-0.15, -0.1) is 0 Å². The molecule has 2 fully saturated rings. The summed E-state index contributed by atoms with van der Waals surface area (Å²) in [5.74, 6) is 0. The van der Waals surface area contributed by atoms with E-state index in [0.29, 0.717) is 0 Å². The fourth-order valence-electron chi connectivity index (χ4n) is 2.43. The van der Waals surface area contributed by atoms with E-state index in [-0.39, 0.29) is 6.61 Å². The Morgan fingerprint density at radius 2 is 2.30 bits per heavy atom. The lowest BCUT2D eigenvalue weighted by Crippen LogP contribution is -2.45. The van der Waals surface area contributed by atoms with Gasteiger partial charge in [-0.2, -0.15) is 0 Å². The van der Waals surface area contributed by atoms with Crippen molar-refractivity contribution in [2.75, 3.05) is 6.61 Å². The average molecular weight is 306 g/mol. The maximum Gasteiger partial charge on any atom is 0.330 e. The zero-order valence-corrected chi connectivity index (χ0v) is 11.4. The lowest BCUT2D eigenvalue weighted by atomic mass is 9.98. The van der Waals surface area contributed by atoms with E-state index in [4.69, 9.17) is 13.8 Å². The predicted octanol–water partition coefficient (Wildman–Crippen LogP) is -0.0327. The van der Waals surface area contributed by atoms with Crippen LogP contribution >= 0.6 is 8.25 Å². The van der Waals surface area contributed by atoms with Crippen molar-refractivity contribution in [3.8, 4) is 0 Å². The molecule has 2 aliphatic heterocycles. The van der Waals surface area contributed by atoms with Crippen molar-refractivity contribution in [2.45, 2.75) is 31.0 Å². The van der Waals surface area contributed by atoms with E-state index < -0.39 is 43.6 Å². The normalized spacial score (nSPS) is 40.5. The largest absolute Gasteiger partial charge is 0.346 e. The summed E-state index contributed by atoms with van der Waals surface area (Å²) in [5, 5.41) is 0. The molecule has 3 heterocycles. The van der Waals surface area contributed by atoms with E-state index in [0.717, 1.165) is 16.8 Å². The highest BCUT2D eigenvalue weighted by atomic mass is 31.1. The summed E-state index contributed by atoms with van der Waals surface area (Å²) in [4.78, 5) is 24.8. The van der Waals surface area contributed by atoms with Crippen molar-refractivity contribution >= 4 is 8.25 Å². The van der Waals surface area contributed by atoms with Crippen LogP contribution in [0.3, 0.4) is 0 Å². The maximum atomic E-state index is 14.9. The van der Waals surface area contributed by atoms with Gasteiger partial charge in [0.05, 0.1) is 6.61 Å². The second-order valence-electron chi connectivity index (χ2n) is 4.79. The van der Waals surface area contributed by atoms with Gasteiger partial charge < -0.3 is 13.8 Å². The number of ether oxygens (including phenoxy) is 1. The van der Waals surface area contributed by atoms with Crippen LogP contribution in [0, 0.1) is 0 Å². The molecular weight excluding hydrogens is 294 g/mol. The van der Waals surface area contributed by atoms with Gasteiger partial charge in [0, 0.05) is 12.3 Å². The number of aromatic nitrogens is 2. The molecule has 0 aromatic carbocycles. The van der Waals surface area contributed by atoms with Gasteiger partial charge in [0.15, 0.2) is 11.9 Å². The van der Waals surface area contributed by atoms with E-state index in [1.807, 2.05) is 4.98 Å². The smallest absolute Gasteiger partial charge is 0.330 e. The molecule has 2 aliphatic rings. The van der Waals surface area contributed by atoms with Crippen molar-refractivity contribution in [1.82, 2.24) is 9.55 Å². The Labute approximate surface area is 112 Å². The Hall–Kier alpha value is -1.28. The number of H-pyrrole nitrogens is 1. The fraction of sp³-hybridized carbons (Fsp3) is 0.600. The number of nitrogens with zero attached hydrogens (tertiary/aromatic N) is 1. The Morgan fingerprint density at radius 1 is 1.55 bits per heavy atom. The number of alkyl halides is 1. The topological polar surface area (TPSA) is 99.6 Å². The molecule has 1 N–H and O–H groups in total. The summed E-state index contributed by atoms with van der Waals surface area (Å²) >= 11 is 0. The van der Waals surface area contributed by atoms with Gasteiger partial charge in [-0.1, -0.05) is 0 Å². The number of rotatable bonds is 1. The molecule has 1 aromatic heterocycles. The van der Waals surface area contributed by atoms with Gasteiger partial charge in [-0.05, 0) is 6.92 Å². The van der Waals surface area contributed by atoms with Crippen LogP contribution in [0.1, 0.15) is 13.2 Å². The second kappa shape index (κ2) is 4.63. The predicted molar refractivity (Wildman–Crippen MR) is 64.6 cm³/mol. The highest BCUT2D eigenvalue weighted by Crippen LogP contribution is 2.49. The third-order valence-corrected chi connectivity index (χ3v) is 4.22. The molecule has 20 heavy (non-hydrogen) atoms. The minimum Gasteiger partial charge on any atom is -0.346 e. The first kappa shape index (κ1) is 13.7. The monoisotopic (exact) mass is 306 g/mol. The summed E-state index contributed by atoms with van der Waals surface area (Å²) in [5.41, 5.74) is -3.47. The number of halogens is 1. The Balaban J connectivity index is 2.00. The van der Waals surface area contributed by atoms with Crippen LogP contribution in [0.2, 0.25) is 0 Å². The van der Waals surface area contributed by atoms with E-state index in [9.17, 15) is 18.5 Å². The third-order valence-electron chi connectivity index (χ3n) is 3.37. The number of nitrogens with one attached hydrogen (secondary N) is 1. The molecule has 1 unspecified atom stereocenters. The molecular formula is C10H12FN2O6P. The average Bonchev–Trinajstić information content (AvgIpc) is 2.62. The number of hydrogen-bond donors (Lipinski definition) is 1. The third kappa shape index (κ3) is 2.07. The summed E-state index contributed by atoms with van der Waals surface area (Å²) < 4.78 is 42.3. The number of aromatic amines is 1. The van der Waals surface area contributed by atoms with Gasteiger partial charge in [-0.3, -0.25) is 18.9 Å². The standard InChI is InChI=1S/C10H12FN2O6P/c1-10(11)7-5(4-17-20(16)19-7)18-8(10)13-3-2-6(14)12-9(13)15/h2-3,5,7-8,20H,4H2,1H3,(H,12,14,15)/t5-,7-,8-,10-/m1/s1. The summed E-state index contributed by atoms with van der Waals surface area (Å²) in [7, 11) is -2.75. The van der Waals surface area contributed by atoms with E-state index in [1.54, 1.807) is 0 Å². The lowest BCUT2D eigenvalue weighted by molar-refractivity contribution is -0.0614. The molecule has 0 saturated carbocycles. The lowest BCUT2D eigenvalue weighted by Gasteiger charge is -2.29. The summed E-state index contributed by atoms with van der Waals surface area (Å²) in [6.07, 6.45) is -2.01. The molecule has 0 bridgehead atoms. The minimum absolute atomic E-state index is 0.0728. The zero-order chi connectivity index (χ0) is 14.5. The van der Waals surface area contributed by atoms with Crippen LogP contribution in [-0.4, -0.2) is 34.0 Å². The van der Waals surface area contributed by atoms with Crippen molar-refractivity contribution < 1.29 is 22.7 Å². The van der Waals surface area contributed by atoms with Gasteiger partial charge in [-0.25, -0.2) is 9.18 Å². The molecule has 0 aliphatic carbocycles. The van der Waals surface area contributed by atoms with Crippen molar-refractivity contribution in [3.05, 3.63) is 33.1 Å². The number of fused-ring (bicyclic) bond motifs is 1. The molecule has 5 atom stereocenters. The van der Waals surface area contributed by atoms with Crippen LogP contribution in [0.5, 0.6) is 0 Å². The van der Waals surface area contributed by atoms with Crippen LogP contribution in [0.25, 0.3) is 0 Å². The molecule has 110 valence electrons. The number of hydrogen-bond acceptors (Lipinski definition) is 6. The molecule has 2 saturated heterocycles. The minimum atomic E-state index is -2.75. The first-order valence-electron chi connectivity index (χ1n) is 5.89. The molecule has 3 rings (SSSR count). The zero-order valence-electron chi connectivity index (χ0n) is 10.4. The molecule has 1 aromatic rings. The van der Waals surface area contributed by atoms with Crippen LogP contribution in [0.15, 0.2) is 21.9 Å². The Kier molecular flexibility index (Phi) is 3.17. The van der Waals surface area contributed by atoms with Crippen molar-refractivity contribution in [3.63, 3.8) is 0 Å². The van der Waals surface area contributed by atoms with Crippen molar-refractivity contribution in [1.29, 1.82) is 0 Å². The highest BCUT2D eigenvalue weighted by Gasteiger charge is 2.58. The second-order valence-corrected chi connectivity index (χ2v) is 5.82. The maximum absolute atomic E-state index is 14.9. The van der Waals surface area contributed by atoms with Gasteiger partial charge >= 0.3 is 13.9 Å². The molecule has 0 radical (unpaired) electrons. The van der Waals surface area contributed by atoms with E-state index >= 15 is 0 Å². The van der Waals surface area contributed by atoms with E-state index in [2.05, 4.69) is 0 Å². The van der Waals surface area contributed by atoms with Gasteiger partial charge in [0.2, 0.25) is 0 Å². The Bertz CT molecular complexity index is 670. The first-order valence-corrected chi connectivity index (χ1v) is 7.11. The van der Waals surface area contributed by atoms with Crippen LogP contribution < -0.4 is 11.2 Å². The molecule has 0 spiro atoms. The molecule has 8 nitrogen and oxygen atoms in total. The highest BCUT2D eigenvalue weighted by molar-refractivity contribution is 7.33. The van der Waals surface area contributed by atoms with Crippen molar-refractivity contribution in [2.24, 2.45) is 0 Å².